The predicted molar refractivity (Wildman–Crippen MR) is 116 cm³/mol. The van der Waals surface area contributed by atoms with E-state index < -0.39 is 26.3 Å². The summed E-state index contributed by atoms with van der Waals surface area (Å²) < 4.78 is 60.7. The molecule has 2 aromatic carbocycles. The van der Waals surface area contributed by atoms with E-state index in [9.17, 15) is 16.8 Å². The third-order valence-corrected chi connectivity index (χ3v) is 8.84. The Bertz CT molecular complexity index is 1090. The Morgan fingerprint density at radius 2 is 1.30 bits per heavy atom. The summed E-state index contributed by atoms with van der Waals surface area (Å²) in [6.45, 7) is 3.35. The topological polar surface area (TPSA) is 84.0 Å². The van der Waals surface area contributed by atoms with Gasteiger partial charge in [-0.15, -0.1) is 0 Å². The number of sulfonamides is 2. The first-order valence-corrected chi connectivity index (χ1v) is 12.8. The molecule has 1 aliphatic heterocycles. The molecule has 1 unspecified atom stereocenters. The van der Waals surface area contributed by atoms with Crippen molar-refractivity contribution in [1.82, 2.24) is 8.61 Å². The Kier molecular flexibility index (Phi) is 7.13. The number of hydrogen-bond donors (Lipinski definition) is 0. The summed E-state index contributed by atoms with van der Waals surface area (Å²) in [6, 6.07) is 11.7. The minimum atomic E-state index is -3.90. The number of ether oxygens (including phenoxy) is 1. The van der Waals surface area contributed by atoms with E-state index in [-0.39, 0.29) is 35.5 Å². The Morgan fingerprint density at radius 1 is 0.833 bits per heavy atom. The fourth-order valence-electron chi connectivity index (χ4n) is 3.13. The second-order valence-electron chi connectivity index (χ2n) is 7.03. The molecule has 1 atom stereocenters. The minimum absolute atomic E-state index is 0.00423. The number of halogens is 2. The maximum atomic E-state index is 13.2. The monoisotopic (exact) mass is 492 g/mol. The molecule has 1 heterocycles. The van der Waals surface area contributed by atoms with E-state index in [1.165, 1.54) is 57.1 Å². The average molecular weight is 493 g/mol. The van der Waals surface area contributed by atoms with Gasteiger partial charge in [0.05, 0.1) is 22.4 Å². The van der Waals surface area contributed by atoms with Gasteiger partial charge in [-0.3, -0.25) is 0 Å². The first-order chi connectivity index (χ1) is 14.0. The van der Waals surface area contributed by atoms with Gasteiger partial charge in [0, 0.05) is 23.1 Å². The molecule has 30 heavy (non-hydrogen) atoms. The molecular formula is C19H22Cl2N2O5S2. The van der Waals surface area contributed by atoms with E-state index >= 15 is 0 Å². The number of nitrogens with zero attached hydrogens (tertiary/aromatic N) is 2. The van der Waals surface area contributed by atoms with Gasteiger partial charge in [-0.05, 0) is 62.4 Å². The van der Waals surface area contributed by atoms with Crippen molar-refractivity contribution in [2.24, 2.45) is 0 Å². The van der Waals surface area contributed by atoms with Crippen LogP contribution in [0.5, 0.6) is 0 Å². The molecule has 0 radical (unpaired) electrons. The first kappa shape index (κ1) is 23.5. The molecule has 164 valence electrons. The van der Waals surface area contributed by atoms with E-state index in [0.717, 1.165) is 0 Å². The van der Waals surface area contributed by atoms with Crippen LogP contribution in [0.1, 0.15) is 13.8 Å². The normalized spacial score (nSPS) is 19.3. The molecule has 2 aromatic rings. The van der Waals surface area contributed by atoms with E-state index in [4.69, 9.17) is 27.9 Å². The third-order valence-electron chi connectivity index (χ3n) is 4.55. The molecule has 7 nitrogen and oxygen atoms in total. The molecular weight excluding hydrogens is 471 g/mol. The molecule has 0 spiro atoms. The van der Waals surface area contributed by atoms with Crippen molar-refractivity contribution < 1.29 is 21.6 Å². The molecule has 0 aromatic heterocycles. The lowest BCUT2D eigenvalue weighted by atomic mass is 10.4. The van der Waals surface area contributed by atoms with Crippen molar-refractivity contribution in [1.29, 1.82) is 0 Å². The van der Waals surface area contributed by atoms with Crippen LogP contribution in [0.25, 0.3) is 0 Å². The highest BCUT2D eigenvalue weighted by atomic mass is 35.5. The van der Waals surface area contributed by atoms with Crippen LogP contribution < -0.4 is 0 Å². The molecule has 0 amide bonds. The van der Waals surface area contributed by atoms with E-state index in [1.54, 1.807) is 13.8 Å². The zero-order valence-corrected chi connectivity index (χ0v) is 19.5. The second kappa shape index (κ2) is 9.12. The van der Waals surface area contributed by atoms with Crippen LogP contribution in [-0.2, 0) is 24.8 Å². The van der Waals surface area contributed by atoms with Crippen LogP contribution in [0.2, 0.25) is 10.0 Å². The van der Waals surface area contributed by atoms with Gasteiger partial charge in [0.2, 0.25) is 20.0 Å². The maximum Gasteiger partial charge on any atom is 0.245 e. The summed E-state index contributed by atoms with van der Waals surface area (Å²) in [7, 11) is -7.73. The zero-order chi connectivity index (χ0) is 22.1. The molecule has 0 N–H and O–H groups in total. The minimum Gasteiger partial charge on any atom is -0.358 e. The number of rotatable bonds is 6. The van der Waals surface area contributed by atoms with Crippen molar-refractivity contribution in [3.8, 4) is 0 Å². The average Bonchev–Trinajstić information content (AvgIpc) is 2.68. The lowest BCUT2D eigenvalue weighted by Crippen LogP contribution is -2.57. The Morgan fingerprint density at radius 3 is 1.77 bits per heavy atom. The summed E-state index contributed by atoms with van der Waals surface area (Å²) >= 11 is 11.7. The van der Waals surface area contributed by atoms with Crippen molar-refractivity contribution in [3.63, 3.8) is 0 Å². The van der Waals surface area contributed by atoms with Gasteiger partial charge in [-0.1, -0.05) is 23.2 Å². The lowest BCUT2D eigenvalue weighted by Gasteiger charge is -2.40. The van der Waals surface area contributed by atoms with Gasteiger partial charge in [0.25, 0.3) is 0 Å². The fraction of sp³-hybridized carbons (Fsp3) is 0.368. The largest absolute Gasteiger partial charge is 0.358 e. The second-order valence-corrected chi connectivity index (χ2v) is 11.7. The first-order valence-electron chi connectivity index (χ1n) is 9.20. The quantitative estimate of drug-likeness (QED) is 0.616. The standard InChI is InChI=1S/C19H22Cl2N2O5S2/c1-14(2)28-19-13-22(29(24,25)17-7-3-15(20)4-8-17)11-12-23(19)30(26,27)18-9-5-16(21)6-10-18/h3-10,14,19H,11-13H2,1-2H3. The summed E-state index contributed by atoms with van der Waals surface area (Å²) in [5, 5.41) is 0.844. The lowest BCUT2D eigenvalue weighted by molar-refractivity contribution is -0.0759. The Balaban J connectivity index is 1.90. The summed E-state index contributed by atoms with van der Waals surface area (Å²) in [4.78, 5) is 0.155. The van der Waals surface area contributed by atoms with Crippen LogP contribution in [0.3, 0.4) is 0 Å². The van der Waals surface area contributed by atoms with E-state index in [0.29, 0.717) is 10.0 Å². The summed E-state index contributed by atoms with van der Waals surface area (Å²) in [5.74, 6) is 0. The molecule has 0 bridgehead atoms. The van der Waals surface area contributed by atoms with Crippen molar-refractivity contribution in [2.75, 3.05) is 19.6 Å². The van der Waals surface area contributed by atoms with Crippen molar-refractivity contribution in [3.05, 3.63) is 58.6 Å². The number of piperazine rings is 1. The number of hydrogen-bond acceptors (Lipinski definition) is 5. The van der Waals surface area contributed by atoms with Gasteiger partial charge >= 0.3 is 0 Å². The van der Waals surface area contributed by atoms with E-state index in [1.807, 2.05) is 0 Å². The van der Waals surface area contributed by atoms with Gasteiger partial charge in [-0.2, -0.15) is 8.61 Å². The molecule has 1 saturated heterocycles. The summed E-state index contributed by atoms with van der Waals surface area (Å²) in [6.07, 6.45) is -1.28. The third kappa shape index (κ3) is 4.99. The van der Waals surface area contributed by atoms with Crippen LogP contribution in [0, 0.1) is 0 Å². The van der Waals surface area contributed by atoms with Crippen LogP contribution in [0.4, 0.5) is 0 Å². The van der Waals surface area contributed by atoms with Gasteiger partial charge in [-0.25, -0.2) is 16.8 Å². The number of benzene rings is 2. The van der Waals surface area contributed by atoms with Gasteiger partial charge < -0.3 is 4.74 Å². The molecule has 0 aliphatic carbocycles. The maximum absolute atomic E-state index is 13.2. The van der Waals surface area contributed by atoms with Crippen molar-refractivity contribution in [2.45, 2.75) is 36.0 Å². The molecule has 0 saturated carbocycles. The Labute approximate surface area is 187 Å². The molecule has 3 rings (SSSR count). The van der Waals surface area contributed by atoms with Crippen molar-refractivity contribution >= 4 is 43.2 Å². The van der Waals surface area contributed by atoms with Gasteiger partial charge in [0.15, 0.2) is 0 Å². The van der Waals surface area contributed by atoms with Crippen LogP contribution >= 0.6 is 23.2 Å². The molecule has 1 aliphatic rings. The zero-order valence-electron chi connectivity index (χ0n) is 16.4. The SMILES string of the molecule is CC(C)OC1CN(S(=O)(=O)c2ccc(Cl)cc2)CCN1S(=O)(=O)c1ccc(Cl)cc1. The Hall–Kier alpha value is -1.20. The highest BCUT2D eigenvalue weighted by Gasteiger charge is 2.41. The molecule has 11 heteroatoms. The smallest absolute Gasteiger partial charge is 0.245 e. The summed E-state index contributed by atoms with van der Waals surface area (Å²) in [5.41, 5.74) is 0. The van der Waals surface area contributed by atoms with E-state index in [2.05, 4.69) is 0 Å². The van der Waals surface area contributed by atoms with Crippen LogP contribution in [-0.4, -0.2) is 57.4 Å². The molecule has 1 fully saturated rings. The predicted octanol–water partition coefficient (Wildman–Crippen LogP) is 3.44. The highest BCUT2D eigenvalue weighted by Crippen LogP contribution is 2.27. The highest BCUT2D eigenvalue weighted by molar-refractivity contribution is 7.89. The van der Waals surface area contributed by atoms with Gasteiger partial charge in [0.1, 0.15) is 6.23 Å². The van der Waals surface area contributed by atoms with Crippen LogP contribution in [0.15, 0.2) is 58.3 Å². The fourth-order valence-corrected chi connectivity index (χ4v) is 6.30.